The third kappa shape index (κ3) is 5.38. The molecule has 2 aromatic rings. The Labute approximate surface area is 159 Å². The number of amides is 1. The highest BCUT2D eigenvalue weighted by Crippen LogP contribution is 2.15. The molecule has 2 aromatic carbocycles. The Kier molecular flexibility index (Phi) is 6.70. The van der Waals surface area contributed by atoms with Crippen LogP contribution in [0.1, 0.15) is 28.9 Å². The zero-order valence-electron chi connectivity index (χ0n) is 15.4. The molecule has 0 unspecified atom stereocenters. The Morgan fingerprint density at radius 1 is 1.04 bits per heavy atom. The van der Waals surface area contributed by atoms with Crippen LogP contribution in [0, 0.1) is 0 Å². The summed E-state index contributed by atoms with van der Waals surface area (Å²) in [7, 11) is -0.721. The predicted molar refractivity (Wildman–Crippen MR) is 101 cm³/mol. The lowest BCUT2D eigenvalue weighted by molar-refractivity contribution is -0.124. The topological polar surface area (TPSA) is 92.8 Å². The van der Waals surface area contributed by atoms with Crippen molar-refractivity contribution >= 4 is 21.9 Å². The average Bonchev–Trinajstić information content (AvgIpc) is 2.66. The first kappa shape index (κ1) is 20.6. The van der Waals surface area contributed by atoms with Gasteiger partial charge in [0.25, 0.3) is 5.91 Å². The first-order valence-electron chi connectivity index (χ1n) is 8.26. The van der Waals surface area contributed by atoms with Gasteiger partial charge in [-0.3, -0.25) is 4.79 Å². The van der Waals surface area contributed by atoms with Crippen molar-refractivity contribution in [1.29, 1.82) is 0 Å². The van der Waals surface area contributed by atoms with Gasteiger partial charge >= 0.3 is 5.97 Å². The summed E-state index contributed by atoms with van der Waals surface area (Å²) in [4.78, 5) is 24.1. The maximum absolute atomic E-state index is 12.0. The Hall–Kier alpha value is -2.71. The van der Waals surface area contributed by atoms with Crippen LogP contribution in [0.5, 0.6) is 0 Å². The summed E-state index contributed by atoms with van der Waals surface area (Å²) < 4.78 is 30.1. The molecule has 0 aromatic heterocycles. The molecule has 8 heteroatoms. The second-order valence-electron chi connectivity index (χ2n) is 6.09. The SMILES string of the molecule is C[C@@H](NC(=O)COC(=O)c1ccc(S(=O)(=O)N(C)C)cc1)c1ccccc1. The fourth-order valence-electron chi connectivity index (χ4n) is 2.30. The molecule has 0 fully saturated rings. The number of carbonyl (C=O) groups is 2. The Morgan fingerprint density at radius 2 is 1.63 bits per heavy atom. The molecule has 2 rings (SSSR count). The van der Waals surface area contributed by atoms with E-state index in [1.165, 1.54) is 38.4 Å². The maximum atomic E-state index is 12.0. The van der Waals surface area contributed by atoms with Gasteiger partial charge in [-0.05, 0) is 36.8 Å². The van der Waals surface area contributed by atoms with E-state index in [0.29, 0.717) is 0 Å². The van der Waals surface area contributed by atoms with Gasteiger partial charge in [-0.15, -0.1) is 0 Å². The van der Waals surface area contributed by atoms with Crippen LogP contribution in [0.4, 0.5) is 0 Å². The molecule has 1 atom stereocenters. The summed E-state index contributed by atoms with van der Waals surface area (Å²) in [5.74, 6) is -1.13. The van der Waals surface area contributed by atoms with Crippen LogP contribution in [0.25, 0.3) is 0 Å². The van der Waals surface area contributed by atoms with Gasteiger partial charge in [0.15, 0.2) is 6.61 Å². The van der Waals surface area contributed by atoms with Crippen molar-refractivity contribution in [2.75, 3.05) is 20.7 Å². The number of hydrogen-bond acceptors (Lipinski definition) is 5. The van der Waals surface area contributed by atoms with Crippen LogP contribution in [-0.2, 0) is 19.6 Å². The molecular weight excluding hydrogens is 368 g/mol. The van der Waals surface area contributed by atoms with E-state index in [-0.39, 0.29) is 16.5 Å². The smallest absolute Gasteiger partial charge is 0.338 e. The predicted octanol–water partition coefficient (Wildman–Crippen LogP) is 1.97. The second kappa shape index (κ2) is 8.79. The Morgan fingerprint density at radius 3 is 2.19 bits per heavy atom. The first-order chi connectivity index (χ1) is 12.7. The van der Waals surface area contributed by atoms with Gasteiger partial charge in [-0.25, -0.2) is 17.5 Å². The molecule has 0 radical (unpaired) electrons. The second-order valence-corrected chi connectivity index (χ2v) is 8.24. The molecule has 7 nitrogen and oxygen atoms in total. The largest absolute Gasteiger partial charge is 0.452 e. The van der Waals surface area contributed by atoms with Crippen LogP contribution in [0.2, 0.25) is 0 Å². The zero-order valence-corrected chi connectivity index (χ0v) is 16.2. The molecular formula is C19H22N2O5S. The van der Waals surface area contributed by atoms with E-state index < -0.39 is 28.5 Å². The molecule has 1 amide bonds. The van der Waals surface area contributed by atoms with Crippen LogP contribution in [-0.4, -0.2) is 45.3 Å². The minimum atomic E-state index is -3.57. The highest BCUT2D eigenvalue weighted by atomic mass is 32.2. The molecule has 0 heterocycles. The minimum Gasteiger partial charge on any atom is -0.452 e. The minimum absolute atomic E-state index is 0.0680. The van der Waals surface area contributed by atoms with E-state index >= 15 is 0 Å². The van der Waals surface area contributed by atoms with Gasteiger partial charge in [0.1, 0.15) is 0 Å². The molecule has 0 saturated carbocycles. The van der Waals surface area contributed by atoms with E-state index in [0.717, 1.165) is 9.87 Å². The van der Waals surface area contributed by atoms with Crippen molar-refractivity contribution in [3.63, 3.8) is 0 Å². The number of sulfonamides is 1. The van der Waals surface area contributed by atoms with Gasteiger partial charge in [-0.2, -0.15) is 0 Å². The van der Waals surface area contributed by atoms with Crippen molar-refractivity contribution in [3.8, 4) is 0 Å². The number of nitrogens with one attached hydrogen (secondary N) is 1. The Balaban J connectivity index is 1.91. The van der Waals surface area contributed by atoms with Crippen LogP contribution < -0.4 is 5.32 Å². The van der Waals surface area contributed by atoms with Crippen LogP contribution in [0.15, 0.2) is 59.5 Å². The molecule has 0 aliphatic rings. The van der Waals surface area contributed by atoms with Gasteiger partial charge in [0.05, 0.1) is 16.5 Å². The summed E-state index contributed by atoms with van der Waals surface area (Å²) in [6.45, 7) is 1.41. The lowest BCUT2D eigenvalue weighted by Crippen LogP contribution is -2.31. The first-order valence-corrected chi connectivity index (χ1v) is 9.70. The Bertz CT molecular complexity index is 893. The molecule has 0 bridgehead atoms. The average molecular weight is 390 g/mol. The summed E-state index contributed by atoms with van der Waals surface area (Å²) in [6.07, 6.45) is 0. The standard InChI is InChI=1S/C19H22N2O5S/c1-14(15-7-5-4-6-8-15)20-18(22)13-26-19(23)16-9-11-17(12-10-16)27(24,25)21(2)3/h4-12,14H,13H2,1-3H3,(H,20,22)/t14-/m1/s1. The van der Waals surface area contributed by atoms with E-state index in [4.69, 9.17) is 4.74 Å². The molecule has 1 N–H and O–H groups in total. The molecule has 144 valence electrons. The summed E-state index contributed by atoms with van der Waals surface area (Å²) in [6, 6.07) is 14.5. The molecule has 0 spiro atoms. The lowest BCUT2D eigenvalue weighted by atomic mass is 10.1. The van der Waals surface area contributed by atoms with E-state index in [1.54, 1.807) is 0 Å². The monoisotopic (exact) mass is 390 g/mol. The van der Waals surface area contributed by atoms with Crippen LogP contribution >= 0.6 is 0 Å². The van der Waals surface area contributed by atoms with Gasteiger partial charge in [-0.1, -0.05) is 30.3 Å². The normalized spacial score (nSPS) is 12.4. The molecule has 0 aliphatic carbocycles. The zero-order chi connectivity index (χ0) is 20.0. The summed E-state index contributed by atoms with van der Waals surface area (Å²) >= 11 is 0. The van der Waals surface area contributed by atoms with Crippen molar-refractivity contribution in [2.24, 2.45) is 0 Å². The fourth-order valence-corrected chi connectivity index (χ4v) is 3.20. The molecule has 27 heavy (non-hydrogen) atoms. The van der Waals surface area contributed by atoms with Crippen molar-refractivity contribution < 1.29 is 22.7 Å². The van der Waals surface area contributed by atoms with Crippen molar-refractivity contribution in [1.82, 2.24) is 9.62 Å². The van der Waals surface area contributed by atoms with Crippen LogP contribution in [0.3, 0.4) is 0 Å². The number of esters is 1. The highest BCUT2D eigenvalue weighted by Gasteiger charge is 2.18. The summed E-state index contributed by atoms with van der Waals surface area (Å²) in [5.41, 5.74) is 1.10. The van der Waals surface area contributed by atoms with Gasteiger partial charge in [0, 0.05) is 14.1 Å². The number of ether oxygens (including phenoxy) is 1. The fraction of sp³-hybridized carbons (Fsp3) is 0.263. The van der Waals surface area contributed by atoms with Gasteiger partial charge in [0.2, 0.25) is 10.0 Å². The number of carbonyl (C=O) groups excluding carboxylic acids is 2. The number of benzene rings is 2. The quantitative estimate of drug-likeness (QED) is 0.730. The van der Waals surface area contributed by atoms with Crippen molar-refractivity contribution in [3.05, 3.63) is 65.7 Å². The van der Waals surface area contributed by atoms with E-state index in [9.17, 15) is 18.0 Å². The number of rotatable bonds is 7. The number of hydrogen-bond donors (Lipinski definition) is 1. The maximum Gasteiger partial charge on any atom is 0.338 e. The third-order valence-corrected chi connectivity index (χ3v) is 5.71. The van der Waals surface area contributed by atoms with E-state index in [1.807, 2.05) is 37.3 Å². The highest BCUT2D eigenvalue weighted by molar-refractivity contribution is 7.89. The summed E-state index contributed by atoms with van der Waals surface area (Å²) in [5, 5.41) is 2.74. The van der Waals surface area contributed by atoms with Crippen molar-refractivity contribution in [2.45, 2.75) is 17.9 Å². The lowest BCUT2D eigenvalue weighted by Gasteiger charge is -2.14. The molecule has 0 aliphatic heterocycles. The third-order valence-electron chi connectivity index (χ3n) is 3.88. The molecule has 0 saturated heterocycles. The van der Waals surface area contributed by atoms with Gasteiger partial charge < -0.3 is 10.1 Å². The van der Waals surface area contributed by atoms with E-state index in [2.05, 4.69) is 5.32 Å². The number of nitrogens with zero attached hydrogens (tertiary/aromatic N) is 1.